The van der Waals surface area contributed by atoms with Gasteiger partial charge in [-0.25, -0.2) is 4.68 Å². The lowest BCUT2D eigenvalue weighted by Crippen LogP contribution is -2.25. The molecule has 2 aromatic heterocycles. The van der Waals surface area contributed by atoms with Gasteiger partial charge in [0.2, 0.25) is 0 Å². The first-order valence-corrected chi connectivity index (χ1v) is 6.65. The van der Waals surface area contributed by atoms with Crippen LogP contribution >= 0.6 is 0 Å². The van der Waals surface area contributed by atoms with E-state index in [0.717, 1.165) is 24.5 Å². The summed E-state index contributed by atoms with van der Waals surface area (Å²) in [4.78, 5) is 16.1. The highest BCUT2D eigenvalue weighted by atomic mass is 16.1. The third-order valence-electron chi connectivity index (χ3n) is 2.88. The molecule has 2 rings (SSSR count). The lowest BCUT2D eigenvalue weighted by Gasteiger charge is -2.07. The third-order valence-corrected chi connectivity index (χ3v) is 2.88. The second-order valence-electron chi connectivity index (χ2n) is 4.41. The molecule has 106 valence electrons. The number of aryl methyl sites for hydroxylation is 2. The van der Waals surface area contributed by atoms with Crippen LogP contribution in [0.15, 0.2) is 41.5 Å². The van der Waals surface area contributed by atoms with E-state index in [1.807, 2.05) is 25.2 Å². The van der Waals surface area contributed by atoms with Crippen molar-refractivity contribution in [2.45, 2.75) is 13.0 Å². The first kappa shape index (κ1) is 14.2. The van der Waals surface area contributed by atoms with E-state index in [1.54, 1.807) is 18.5 Å². The molecule has 2 N–H and O–H groups in total. The summed E-state index contributed by atoms with van der Waals surface area (Å²) in [5, 5.41) is 10.3. The minimum absolute atomic E-state index is 0.101. The Morgan fingerprint density at radius 2 is 2.20 bits per heavy atom. The second kappa shape index (κ2) is 7.40. The van der Waals surface area contributed by atoms with Gasteiger partial charge >= 0.3 is 0 Å². The Morgan fingerprint density at radius 1 is 1.30 bits per heavy atom. The highest BCUT2D eigenvalue weighted by Gasteiger charge is 2.01. The van der Waals surface area contributed by atoms with Crippen molar-refractivity contribution in [2.75, 3.05) is 25.5 Å². The maximum Gasteiger partial charge on any atom is 0.268 e. The monoisotopic (exact) mass is 273 g/mol. The molecule has 0 aliphatic rings. The number of hydrogen-bond acceptors (Lipinski definition) is 5. The molecule has 2 aromatic rings. The van der Waals surface area contributed by atoms with Crippen LogP contribution in [0.3, 0.4) is 0 Å². The lowest BCUT2D eigenvalue weighted by molar-refractivity contribution is 0.573. The number of anilines is 1. The molecule has 2 heterocycles. The molecule has 0 amide bonds. The molecule has 0 saturated carbocycles. The number of pyridine rings is 1. The number of rotatable bonds is 7. The number of nitrogens with one attached hydrogen (secondary N) is 2. The zero-order valence-electron chi connectivity index (χ0n) is 11.5. The zero-order chi connectivity index (χ0) is 14.2. The highest BCUT2D eigenvalue weighted by Crippen LogP contribution is 2.00. The molecule has 6 nitrogen and oxygen atoms in total. The van der Waals surface area contributed by atoms with Gasteiger partial charge in [0.05, 0.1) is 18.4 Å². The lowest BCUT2D eigenvalue weighted by atomic mass is 10.3. The first-order valence-electron chi connectivity index (χ1n) is 6.65. The van der Waals surface area contributed by atoms with Gasteiger partial charge in [0.1, 0.15) is 0 Å². The number of hydrogen-bond donors (Lipinski definition) is 2. The van der Waals surface area contributed by atoms with Crippen molar-refractivity contribution in [3.8, 4) is 0 Å². The van der Waals surface area contributed by atoms with E-state index >= 15 is 0 Å². The smallest absolute Gasteiger partial charge is 0.268 e. The predicted molar refractivity (Wildman–Crippen MR) is 78.9 cm³/mol. The summed E-state index contributed by atoms with van der Waals surface area (Å²) in [6, 6.07) is 7.33. The van der Waals surface area contributed by atoms with Crippen molar-refractivity contribution in [1.82, 2.24) is 20.1 Å². The molecule has 6 heteroatoms. The van der Waals surface area contributed by atoms with Gasteiger partial charge in [-0.2, -0.15) is 5.10 Å². The van der Waals surface area contributed by atoms with Crippen molar-refractivity contribution < 1.29 is 0 Å². The predicted octanol–water partition coefficient (Wildman–Crippen LogP) is 0.512. The fourth-order valence-corrected chi connectivity index (χ4v) is 1.80. The van der Waals surface area contributed by atoms with E-state index in [0.29, 0.717) is 13.0 Å². The molecule has 0 unspecified atom stereocenters. The van der Waals surface area contributed by atoms with Crippen LogP contribution in [-0.2, 0) is 13.0 Å². The van der Waals surface area contributed by atoms with Gasteiger partial charge < -0.3 is 10.6 Å². The maximum absolute atomic E-state index is 11.9. The molecule has 0 spiro atoms. The van der Waals surface area contributed by atoms with Gasteiger partial charge in [-0.1, -0.05) is 6.07 Å². The minimum atomic E-state index is -0.101. The second-order valence-corrected chi connectivity index (χ2v) is 4.41. The molecule has 0 saturated heterocycles. The van der Waals surface area contributed by atoms with Gasteiger partial charge in [0.25, 0.3) is 5.56 Å². The van der Waals surface area contributed by atoms with E-state index in [-0.39, 0.29) is 5.56 Å². The number of nitrogens with zero attached hydrogens (tertiary/aromatic N) is 3. The van der Waals surface area contributed by atoms with Crippen LogP contribution in [0.5, 0.6) is 0 Å². The Labute approximate surface area is 117 Å². The van der Waals surface area contributed by atoms with Crippen molar-refractivity contribution in [1.29, 1.82) is 0 Å². The maximum atomic E-state index is 11.9. The Hall–Kier alpha value is -2.21. The molecular weight excluding hydrogens is 254 g/mol. The normalized spacial score (nSPS) is 10.4. The molecule has 20 heavy (non-hydrogen) atoms. The quantitative estimate of drug-likeness (QED) is 0.719. The summed E-state index contributed by atoms with van der Waals surface area (Å²) >= 11 is 0. The van der Waals surface area contributed by atoms with Crippen molar-refractivity contribution in [3.63, 3.8) is 0 Å². The minimum Gasteiger partial charge on any atom is -0.382 e. The summed E-state index contributed by atoms with van der Waals surface area (Å²) < 4.78 is 1.46. The summed E-state index contributed by atoms with van der Waals surface area (Å²) in [5.74, 6) is 0. The average molecular weight is 273 g/mol. The van der Waals surface area contributed by atoms with Crippen molar-refractivity contribution in [2.24, 2.45) is 0 Å². The van der Waals surface area contributed by atoms with E-state index in [4.69, 9.17) is 0 Å². The van der Waals surface area contributed by atoms with E-state index in [2.05, 4.69) is 20.7 Å². The molecule has 0 aromatic carbocycles. The Morgan fingerprint density at radius 3 is 2.90 bits per heavy atom. The van der Waals surface area contributed by atoms with Crippen molar-refractivity contribution >= 4 is 5.69 Å². The van der Waals surface area contributed by atoms with E-state index in [1.165, 1.54) is 4.68 Å². The summed E-state index contributed by atoms with van der Waals surface area (Å²) in [5.41, 5.74) is 1.60. The fourth-order valence-electron chi connectivity index (χ4n) is 1.80. The van der Waals surface area contributed by atoms with Crippen LogP contribution < -0.4 is 16.2 Å². The van der Waals surface area contributed by atoms with Crippen molar-refractivity contribution in [3.05, 3.63) is 52.7 Å². The molecule has 0 radical (unpaired) electrons. The summed E-state index contributed by atoms with van der Waals surface area (Å²) in [6.07, 6.45) is 4.12. The van der Waals surface area contributed by atoms with Crippen LogP contribution in [0, 0.1) is 0 Å². The average Bonchev–Trinajstić information content (AvgIpc) is 2.48. The molecule has 0 bridgehead atoms. The molecular formula is C14H19N5O. The summed E-state index contributed by atoms with van der Waals surface area (Å²) in [6.45, 7) is 2.13. The first-order chi connectivity index (χ1) is 9.79. The molecule has 0 atom stereocenters. The van der Waals surface area contributed by atoms with E-state index < -0.39 is 0 Å². The van der Waals surface area contributed by atoms with E-state index in [9.17, 15) is 4.79 Å². The number of likely N-dealkylation sites (N-methyl/N-ethyl adjacent to an activating group) is 1. The molecule has 0 aliphatic heterocycles. The largest absolute Gasteiger partial charge is 0.382 e. The van der Waals surface area contributed by atoms with Gasteiger partial charge in [-0.3, -0.25) is 9.78 Å². The van der Waals surface area contributed by atoms with Gasteiger partial charge in [-0.05, 0) is 19.2 Å². The summed E-state index contributed by atoms with van der Waals surface area (Å²) in [7, 11) is 1.88. The van der Waals surface area contributed by atoms with Crippen LogP contribution in [0.25, 0.3) is 0 Å². The Bertz CT molecular complexity index is 582. The standard InChI is InChI=1S/C14H19N5O/c1-15-7-8-17-13-10-14(20)19(18-11-13)9-5-12-4-2-3-6-16-12/h2-4,6,10-11,15,17H,5,7-9H2,1H3. The third kappa shape index (κ3) is 4.17. The Kier molecular flexibility index (Phi) is 5.25. The fraction of sp³-hybridized carbons (Fsp3) is 0.357. The molecule has 0 aliphatic carbocycles. The van der Waals surface area contributed by atoms with Crippen LogP contribution in [0.2, 0.25) is 0 Å². The SMILES string of the molecule is CNCCNc1cnn(CCc2ccccn2)c(=O)c1. The van der Waals surface area contributed by atoms with Gasteiger partial charge in [-0.15, -0.1) is 0 Å². The van der Waals surface area contributed by atoms with Gasteiger partial charge in [0.15, 0.2) is 0 Å². The van der Waals surface area contributed by atoms with Gasteiger partial charge in [0, 0.05) is 37.5 Å². The number of aromatic nitrogens is 3. The zero-order valence-corrected chi connectivity index (χ0v) is 11.5. The van der Waals surface area contributed by atoms with Crippen LogP contribution in [0.4, 0.5) is 5.69 Å². The molecule has 0 fully saturated rings. The Balaban J connectivity index is 1.94. The highest BCUT2D eigenvalue weighted by molar-refractivity contribution is 5.38. The van der Waals surface area contributed by atoms with Crippen LogP contribution in [-0.4, -0.2) is 34.9 Å². The topological polar surface area (TPSA) is 71.8 Å². The van der Waals surface area contributed by atoms with Crippen LogP contribution in [0.1, 0.15) is 5.69 Å².